The van der Waals surface area contributed by atoms with E-state index in [0.717, 1.165) is 29.4 Å². The summed E-state index contributed by atoms with van der Waals surface area (Å²) in [6.07, 6.45) is 5.00. The zero-order valence-corrected chi connectivity index (χ0v) is 8.92. The molecule has 1 fully saturated rings. The SMILES string of the molecule is OCC1(Cc2ccc(Br)cn2)CC1. The van der Waals surface area contributed by atoms with Crippen molar-refractivity contribution in [3.8, 4) is 0 Å². The molecule has 0 bridgehead atoms. The third kappa shape index (κ3) is 2.09. The van der Waals surface area contributed by atoms with Crippen molar-refractivity contribution in [1.29, 1.82) is 0 Å². The van der Waals surface area contributed by atoms with E-state index in [-0.39, 0.29) is 5.41 Å². The number of halogens is 1. The molecule has 0 spiro atoms. The molecule has 0 saturated heterocycles. The van der Waals surface area contributed by atoms with Crippen molar-refractivity contribution in [2.45, 2.75) is 19.3 Å². The van der Waals surface area contributed by atoms with Crippen LogP contribution < -0.4 is 0 Å². The van der Waals surface area contributed by atoms with E-state index in [1.807, 2.05) is 18.3 Å². The second-order valence-electron chi connectivity index (χ2n) is 3.80. The summed E-state index contributed by atoms with van der Waals surface area (Å²) in [6.45, 7) is 0.296. The molecule has 3 heteroatoms. The lowest BCUT2D eigenvalue weighted by molar-refractivity contribution is 0.210. The van der Waals surface area contributed by atoms with Crippen molar-refractivity contribution in [3.05, 3.63) is 28.5 Å². The molecule has 1 aliphatic carbocycles. The van der Waals surface area contributed by atoms with E-state index in [1.54, 1.807) is 0 Å². The van der Waals surface area contributed by atoms with Crippen LogP contribution >= 0.6 is 15.9 Å². The Labute approximate surface area is 86.1 Å². The first-order valence-electron chi connectivity index (χ1n) is 4.45. The van der Waals surface area contributed by atoms with Crippen molar-refractivity contribution in [2.24, 2.45) is 5.41 Å². The highest BCUT2D eigenvalue weighted by atomic mass is 79.9. The minimum Gasteiger partial charge on any atom is -0.396 e. The number of hydrogen-bond donors (Lipinski definition) is 1. The van der Waals surface area contributed by atoms with Gasteiger partial charge in [-0.1, -0.05) is 0 Å². The summed E-state index contributed by atoms with van der Waals surface area (Å²) >= 11 is 3.35. The van der Waals surface area contributed by atoms with Crippen LogP contribution in [0.25, 0.3) is 0 Å². The Balaban J connectivity index is 2.06. The molecule has 0 aliphatic heterocycles. The van der Waals surface area contributed by atoms with Crippen molar-refractivity contribution in [3.63, 3.8) is 0 Å². The van der Waals surface area contributed by atoms with Crippen LogP contribution in [-0.2, 0) is 6.42 Å². The van der Waals surface area contributed by atoms with Crippen molar-refractivity contribution < 1.29 is 5.11 Å². The minimum absolute atomic E-state index is 0.167. The number of aliphatic hydroxyl groups excluding tert-OH is 1. The molecule has 70 valence electrons. The molecule has 0 amide bonds. The van der Waals surface area contributed by atoms with Crippen LogP contribution in [0, 0.1) is 5.41 Å². The van der Waals surface area contributed by atoms with Crippen LogP contribution in [0.3, 0.4) is 0 Å². The fraction of sp³-hybridized carbons (Fsp3) is 0.500. The van der Waals surface area contributed by atoms with E-state index in [0.29, 0.717) is 6.61 Å². The topological polar surface area (TPSA) is 33.1 Å². The van der Waals surface area contributed by atoms with Gasteiger partial charge < -0.3 is 5.11 Å². The van der Waals surface area contributed by atoms with Crippen LogP contribution in [0.15, 0.2) is 22.8 Å². The van der Waals surface area contributed by atoms with Crippen LogP contribution in [0.5, 0.6) is 0 Å². The van der Waals surface area contributed by atoms with Crippen molar-refractivity contribution >= 4 is 15.9 Å². The number of hydrogen-bond acceptors (Lipinski definition) is 2. The largest absolute Gasteiger partial charge is 0.396 e. The average molecular weight is 242 g/mol. The second-order valence-corrected chi connectivity index (χ2v) is 4.72. The van der Waals surface area contributed by atoms with E-state index in [1.165, 1.54) is 0 Å². The van der Waals surface area contributed by atoms with Crippen LogP contribution in [0.2, 0.25) is 0 Å². The van der Waals surface area contributed by atoms with Gasteiger partial charge >= 0.3 is 0 Å². The van der Waals surface area contributed by atoms with Crippen molar-refractivity contribution in [2.75, 3.05) is 6.61 Å². The monoisotopic (exact) mass is 241 g/mol. The molecule has 0 unspecified atom stereocenters. The van der Waals surface area contributed by atoms with Crippen molar-refractivity contribution in [1.82, 2.24) is 4.98 Å². The Morgan fingerprint density at radius 2 is 2.23 bits per heavy atom. The van der Waals surface area contributed by atoms with Gasteiger partial charge in [-0.2, -0.15) is 0 Å². The predicted molar refractivity (Wildman–Crippen MR) is 54.4 cm³/mol. The molecule has 0 radical (unpaired) electrons. The lowest BCUT2D eigenvalue weighted by Crippen LogP contribution is -2.10. The Bertz CT molecular complexity index is 292. The highest BCUT2D eigenvalue weighted by Gasteiger charge is 2.42. The third-order valence-electron chi connectivity index (χ3n) is 2.64. The summed E-state index contributed by atoms with van der Waals surface area (Å²) in [5.74, 6) is 0. The summed E-state index contributed by atoms with van der Waals surface area (Å²) < 4.78 is 1.00. The first-order valence-corrected chi connectivity index (χ1v) is 5.25. The van der Waals surface area contributed by atoms with Gasteiger partial charge in [0, 0.05) is 23.0 Å². The molecule has 2 rings (SSSR count). The molecule has 1 aromatic rings. The summed E-state index contributed by atoms with van der Waals surface area (Å²) in [7, 11) is 0. The number of aromatic nitrogens is 1. The first kappa shape index (κ1) is 9.16. The van der Waals surface area contributed by atoms with Gasteiger partial charge in [0.05, 0.1) is 0 Å². The second kappa shape index (κ2) is 3.39. The van der Waals surface area contributed by atoms with Gasteiger partial charge in [-0.15, -0.1) is 0 Å². The lowest BCUT2D eigenvalue weighted by Gasteiger charge is -2.09. The molecule has 0 aromatic carbocycles. The number of rotatable bonds is 3. The normalized spacial score (nSPS) is 18.6. The maximum atomic E-state index is 9.14. The molecule has 2 nitrogen and oxygen atoms in total. The zero-order valence-electron chi connectivity index (χ0n) is 7.33. The third-order valence-corrected chi connectivity index (χ3v) is 3.11. The van der Waals surface area contributed by atoms with Crippen LogP contribution in [0.1, 0.15) is 18.5 Å². The quantitative estimate of drug-likeness (QED) is 0.880. The zero-order chi connectivity index (χ0) is 9.31. The molecular formula is C10H12BrNO. The van der Waals surface area contributed by atoms with E-state index in [4.69, 9.17) is 5.11 Å². The van der Waals surface area contributed by atoms with Gasteiger partial charge in [0.25, 0.3) is 0 Å². The molecule has 0 atom stereocenters. The van der Waals surface area contributed by atoms with Crippen LogP contribution in [0.4, 0.5) is 0 Å². The molecule has 1 aromatic heterocycles. The van der Waals surface area contributed by atoms with Gasteiger partial charge in [-0.05, 0) is 52.7 Å². The van der Waals surface area contributed by atoms with Crippen LogP contribution in [-0.4, -0.2) is 16.7 Å². The summed E-state index contributed by atoms with van der Waals surface area (Å²) in [5, 5.41) is 9.14. The average Bonchev–Trinajstić information content (AvgIpc) is 2.90. The number of nitrogens with zero attached hydrogens (tertiary/aromatic N) is 1. The molecule has 1 N–H and O–H groups in total. The maximum Gasteiger partial charge on any atom is 0.0491 e. The number of pyridine rings is 1. The predicted octanol–water partition coefficient (Wildman–Crippen LogP) is 2.16. The smallest absolute Gasteiger partial charge is 0.0491 e. The highest BCUT2D eigenvalue weighted by molar-refractivity contribution is 9.10. The summed E-state index contributed by atoms with van der Waals surface area (Å²) in [4.78, 5) is 4.29. The van der Waals surface area contributed by atoms with Gasteiger partial charge in [0.15, 0.2) is 0 Å². The Hall–Kier alpha value is -0.410. The van der Waals surface area contributed by atoms with E-state index < -0.39 is 0 Å². The van der Waals surface area contributed by atoms with E-state index in [9.17, 15) is 0 Å². The van der Waals surface area contributed by atoms with E-state index >= 15 is 0 Å². The standard InChI is InChI=1S/C10H12BrNO/c11-8-1-2-9(12-6-8)5-10(7-13)3-4-10/h1-2,6,13H,3-5,7H2. The Kier molecular flexibility index (Phi) is 2.39. The van der Waals surface area contributed by atoms with Gasteiger partial charge in [0.2, 0.25) is 0 Å². The molecular weight excluding hydrogens is 230 g/mol. The number of aliphatic hydroxyl groups is 1. The molecule has 13 heavy (non-hydrogen) atoms. The molecule has 1 saturated carbocycles. The summed E-state index contributed by atoms with van der Waals surface area (Å²) in [6, 6.07) is 4.01. The van der Waals surface area contributed by atoms with Gasteiger partial charge in [0.1, 0.15) is 0 Å². The maximum absolute atomic E-state index is 9.14. The highest BCUT2D eigenvalue weighted by Crippen LogP contribution is 2.47. The van der Waals surface area contributed by atoms with Gasteiger partial charge in [-0.3, -0.25) is 4.98 Å². The Morgan fingerprint density at radius 3 is 2.69 bits per heavy atom. The first-order chi connectivity index (χ1) is 6.24. The van der Waals surface area contributed by atoms with E-state index in [2.05, 4.69) is 20.9 Å². The Morgan fingerprint density at radius 1 is 1.46 bits per heavy atom. The minimum atomic E-state index is 0.167. The van der Waals surface area contributed by atoms with Gasteiger partial charge in [-0.25, -0.2) is 0 Å². The molecule has 1 aliphatic rings. The molecule has 1 heterocycles. The fourth-order valence-electron chi connectivity index (χ4n) is 1.46. The lowest BCUT2D eigenvalue weighted by atomic mass is 10.0. The fourth-order valence-corrected chi connectivity index (χ4v) is 1.70. The summed E-state index contributed by atoms with van der Waals surface area (Å²) in [5.41, 5.74) is 1.25.